The maximum Gasteiger partial charge on any atom is 0.296 e. The number of aryl methyl sites for hydroxylation is 2. The summed E-state index contributed by atoms with van der Waals surface area (Å²) in [5.41, 5.74) is 0.968. The molecule has 3 rings (SSSR count). The van der Waals surface area contributed by atoms with Crippen LogP contribution in [0, 0.1) is 6.92 Å². The third kappa shape index (κ3) is 3.36. The zero-order valence-corrected chi connectivity index (χ0v) is 16.6. The summed E-state index contributed by atoms with van der Waals surface area (Å²) in [6.07, 6.45) is 0.648. The lowest BCUT2D eigenvalue weighted by atomic mass is 10.0. The fourth-order valence-corrected chi connectivity index (χ4v) is 4.74. The van der Waals surface area contributed by atoms with Crippen molar-refractivity contribution in [3.63, 3.8) is 0 Å². The van der Waals surface area contributed by atoms with E-state index in [2.05, 4.69) is 28.7 Å². The number of hydrogen-bond donors (Lipinski definition) is 1. The molecule has 0 unspecified atom stereocenters. The van der Waals surface area contributed by atoms with Crippen LogP contribution in [-0.2, 0) is 16.4 Å². The van der Waals surface area contributed by atoms with Crippen molar-refractivity contribution in [3.05, 3.63) is 50.9 Å². The van der Waals surface area contributed by atoms with Crippen LogP contribution in [0.3, 0.4) is 0 Å². The molecule has 9 heteroatoms. The fourth-order valence-electron chi connectivity index (χ4n) is 2.57. The van der Waals surface area contributed by atoms with Gasteiger partial charge in [0.25, 0.3) is 15.6 Å². The number of sulfonamides is 1. The van der Waals surface area contributed by atoms with E-state index in [4.69, 9.17) is 0 Å². The topological polar surface area (TPSA) is 93.4 Å². The molecule has 0 spiro atoms. The van der Waals surface area contributed by atoms with Crippen molar-refractivity contribution in [2.75, 3.05) is 4.72 Å². The van der Waals surface area contributed by atoms with Crippen LogP contribution in [0.15, 0.2) is 34.0 Å². The number of nitrogens with zero attached hydrogens (tertiary/aromatic N) is 3. The highest BCUT2D eigenvalue weighted by molar-refractivity contribution is 7.92. The van der Waals surface area contributed by atoms with Crippen molar-refractivity contribution < 1.29 is 8.42 Å². The molecule has 0 fully saturated rings. The second-order valence-corrected chi connectivity index (χ2v) is 8.92. The number of nitrogens with one attached hydrogen (secondary N) is 1. The number of benzene rings is 1. The van der Waals surface area contributed by atoms with E-state index in [0.717, 1.165) is 15.1 Å². The molecule has 2 aromatic heterocycles. The first-order valence-corrected chi connectivity index (χ1v) is 10.5. The van der Waals surface area contributed by atoms with Crippen molar-refractivity contribution in [3.8, 4) is 0 Å². The average Bonchev–Trinajstić information content (AvgIpc) is 2.98. The molecule has 0 aliphatic heterocycles. The summed E-state index contributed by atoms with van der Waals surface area (Å²) in [7, 11) is -4.08. The number of fused-ring (bicyclic) bond motifs is 1. The van der Waals surface area contributed by atoms with Gasteiger partial charge in [-0.05, 0) is 37.0 Å². The van der Waals surface area contributed by atoms with E-state index in [1.807, 2.05) is 19.1 Å². The second-order valence-electron chi connectivity index (χ2n) is 6.26. The van der Waals surface area contributed by atoms with Crippen LogP contribution in [0.25, 0.3) is 4.96 Å². The maximum absolute atomic E-state index is 12.8. The van der Waals surface area contributed by atoms with Gasteiger partial charge in [-0.2, -0.15) is 9.61 Å². The van der Waals surface area contributed by atoms with Gasteiger partial charge in [0.05, 0.1) is 5.69 Å². The molecule has 0 saturated carbocycles. The first-order valence-electron chi connectivity index (χ1n) is 8.25. The fraction of sp³-hybridized carbons (Fsp3) is 0.353. The van der Waals surface area contributed by atoms with Crippen LogP contribution in [0.4, 0.5) is 5.69 Å². The molecule has 3 aromatic rings. The highest BCUT2D eigenvalue weighted by Crippen LogP contribution is 2.21. The Hall–Kier alpha value is -2.26. The van der Waals surface area contributed by atoms with Crippen LogP contribution >= 0.6 is 11.3 Å². The van der Waals surface area contributed by atoms with E-state index in [0.29, 0.717) is 23.0 Å². The van der Waals surface area contributed by atoms with Gasteiger partial charge in [-0.15, -0.1) is 0 Å². The summed E-state index contributed by atoms with van der Waals surface area (Å²) in [4.78, 5) is 17.0. The Morgan fingerprint density at radius 1 is 1.23 bits per heavy atom. The number of anilines is 1. The lowest BCUT2D eigenvalue weighted by Gasteiger charge is -2.11. The summed E-state index contributed by atoms with van der Waals surface area (Å²) in [5, 5.41) is 4.87. The van der Waals surface area contributed by atoms with Crippen molar-refractivity contribution in [2.24, 2.45) is 0 Å². The number of aromatic nitrogens is 3. The molecular weight excluding hydrogens is 372 g/mol. The molecular formula is C17H20N4O3S2. The number of hydrogen-bond acceptors (Lipinski definition) is 6. The number of rotatable bonds is 5. The van der Waals surface area contributed by atoms with Gasteiger partial charge in [0.1, 0.15) is 5.01 Å². The minimum atomic E-state index is -4.08. The summed E-state index contributed by atoms with van der Waals surface area (Å²) in [5.74, 6) is 0.344. The van der Waals surface area contributed by atoms with Crippen LogP contribution in [-0.4, -0.2) is 23.0 Å². The first kappa shape index (κ1) is 18.5. The molecule has 0 radical (unpaired) electrons. The largest absolute Gasteiger partial charge is 0.296 e. The van der Waals surface area contributed by atoms with Crippen LogP contribution in [0.2, 0.25) is 0 Å². The Labute approximate surface area is 155 Å². The monoisotopic (exact) mass is 392 g/mol. The highest BCUT2D eigenvalue weighted by atomic mass is 32.2. The summed E-state index contributed by atoms with van der Waals surface area (Å²) >= 11 is 1.28. The van der Waals surface area contributed by atoms with Crippen molar-refractivity contribution in [1.29, 1.82) is 0 Å². The van der Waals surface area contributed by atoms with Crippen LogP contribution in [0.1, 0.15) is 43.0 Å². The summed E-state index contributed by atoms with van der Waals surface area (Å²) in [6, 6.07) is 7.09. The van der Waals surface area contributed by atoms with Gasteiger partial charge < -0.3 is 0 Å². The van der Waals surface area contributed by atoms with Crippen LogP contribution < -0.4 is 10.3 Å². The summed E-state index contributed by atoms with van der Waals surface area (Å²) in [6.45, 7) is 7.55. The van der Waals surface area contributed by atoms with Crippen molar-refractivity contribution in [1.82, 2.24) is 14.6 Å². The SMILES string of the molecule is CCc1nn2c(=O)c(S(=O)(=O)Nc3ccc(C(C)C)cc3)c(C)nc2s1. The standard InChI is InChI=1S/C17H20N4O3S2/c1-5-14-19-21-16(22)15(11(4)18-17(21)25-14)26(23,24)20-13-8-6-12(7-9-13)10(2)3/h6-10,20H,5H2,1-4H3. The molecule has 0 atom stereocenters. The predicted octanol–water partition coefficient (Wildman–Crippen LogP) is 2.95. The normalized spacial score (nSPS) is 12.0. The third-order valence-corrected chi connectivity index (χ3v) is 6.55. The van der Waals surface area contributed by atoms with E-state index in [9.17, 15) is 13.2 Å². The van der Waals surface area contributed by atoms with E-state index in [1.165, 1.54) is 18.3 Å². The Balaban J connectivity index is 2.05. The van der Waals surface area contributed by atoms with Gasteiger partial charge in [-0.25, -0.2) is 13.4 Å². The zero-order valence-electron chi connectivity index (χ0n) is 15.0. The molecule has 1 N–H and O–H groups in total. The molecule has 0 bridgehead atoms. The van der Waals surface area contributed by atoms with Crippen LogP contribution in [0.5, 0.6) is 0 Å². The minimum Gasteiger partial charge on any atom is -0.279 e. The van der Waals surface area contributed by atoms with E-state index < -0.39 is 15.6 Å². The lowest BCUT2D eigenvalue weighted by Crippen LogP contribution is -2.28. The molecule has 2 heterocycles. The lowest BCUT2D eigenvalue weighted by molar-refractivity contribution is 0.597. The predicted molar refractivity (Wildman–Crippen MR) is 103 cm³/mol. The van der Waals surface area contributed by atoms with E-state index >= 15 is 0 Å². The van der Waals surface area contributed by atoms with Gasteiger partial charge in [0, 0.05) is 5.69 Å². The molecule has 1 aromatic carbocycles. The van der Waals surface area contributed by atoms with E-state index in [-0.39, 0.29) is 10.6 Å². The summed E-state index contributed by atoms with van der Waals surface area (Å²) < 4.78 is 29.1. The minimum absolute atomic E-state index is 0.160. The van der Waals surface area contributed by atoms with Gasteiger partial charge in [0.15, 0.2) is 4.90 Å². The highest BCUT2D eigenvalue weighted by Gasteiger charge is 2.25. The molecule has 0 saturated heterocycles. The van der Waals surface area contributed by atoms with Crippen molar-refractivity contribution in [2.45, 2.75) is 44.9 Å². The van der Waals surface area contributed by atoms with Crippen molar-refractivity contribution >= 4 is 32.0 Å². The Morgan fingerprint density at radius 2 is 1.88 bits per heavy atom. The molecule has 0 aliphatic carbocycles. The quantitative estimate of drug-likeness (QED) is 0.720. The van der Waals surface area contributed by atoms with Gasteiger partial charge in [-0.3, -0.25) is 9.52 Å². The zero-order chi connectivity index (χ0) is 19.1. The Kier molecular flexibility index (Phi) is 4.85. The third-order valence-electron chi connectivity index (χ3n) is 3.98. The second kappa shape index (κ2) is 6.81. The maximum atomic E-state index is 12.8. The Bertz CT molecular complexity index is 1110. The molecule has 138 valence electrons. The van der Waals surface area contributed by atoms with E-state index in [1.54, 1.807) is 12.1 Å². The van der Waals surface area contributed by atoms with Gasteiger partial charge in [0.2, 0.25) is 4.96 Å². The molecule has 26 heavy (non-hydrogen) atoms. The smallest absolute Gasteiger partial charge is 0.279 e. The average molecular weight is 393 g/mol. The first-order chi connectivity index (χ1) is 12.2. The van der Waals surface area contributed by atoms with Gasteiger partial charge in [-0.1, -0.05) is 44.2 Å². The molecule has 7 nitrogen and oxygen atoms in total. The Morgan fingerprint density at radius 3 is 2.46 bits per heavy atom. The molecule has 0 aliphatic rings. The molecule has 0 amide bonds. The van der Waals surface area contributed by atoms with Gasteiger partial charge >= 0.3 is 0 Å².